The molecule has 0 saturated heterocycles. The number of hydrogen-bond acceptors (Lipinski definition) is 2. The van der Waals surface area contributed by atoms with Gasteiger partial charge in [-0.1, -0.05) is 48.5 Å². The van der Waals surface area contributed by atoms with E-state index in [4.69, 9.17) is 4.43 Å². The standard InChI is InChI=1S/C21H40O2Si/c1-18(2,3)24(8,9)23-15-10-11-20(6)16-14(13-21(15,20)7)12-19(4,5)17(16)22/h14-17,22H,10-13H2,1-9H3/t14-,15-,16+,17+,20-,21-/m0/s1. The van der Waals surface area contributed by atoms with Gasteiger partial charge in [-0.25, -0.2) is 0 Å². The second kappa shape index (κ2) is 5.10. The Balaban J connectivity index is 1.88. The van der Waals surface area contributed by atoms with E-state index in [1.807, 2.05) is 0 Å². The SMILES string of the molecule is CC1(C)C[C@H]2C[C@@]3(C)[C@@H](O[Si](C)(C)C(C)(C)C)CC[C@@]3(C)[C@H]2[C@H]1O. The van der Waals surface area contributed by atoms with Crippen molar-refractivity contribution >= 4 is 8.32 Å². The largest absolute Gasteiger partial charge is 0.413 e. The highest BCUT2D eigenvalue weighted by molar-refractivity contribution is 6.74. The molecule has 140 valence electrons. The third-order valence-electron chi connectivity index (χ3n) is 9.04. The first-order chi connectivity index (χ1) is 10.7. The van der Waals surface area contributed by atoms with Gasteiger partial charge in [0.15, 0.2) is 8.32 Å². The van der Waals surface area contributed by atoms with E-state index in [1.165, 1.54) is 25.7 Å². The van der Waals surface area contributed by atoms with Crippen LogP contribution in [0.1, 0.15) is 74.1 Å². The Kier molecular flexibility index (Phi) is 4.02. The summed E-state index contributed by atoms with van der Waals surface area (Å²) in [5.41, 5.74) is 0.547. The fourth-order valence-corrected chi connectivity index (χ4v) is 7.76. The third kappa shape index (κ3) is 2.33. The minimum Gasteiger partial charge on any atom is -0.413 e. The smallest absolute Gasteiger partial charge is 0.192 e. The van der Waals surface area contributed by atoms with E-state index >= 15 is 0 Å². The van der Waals surface area contributed by atoms with Crippen molar-refractivity contribution in [3.05, 3.63) is 0 Å². The maximum Gasteiger partial charge on any atom is 0.192 e. The summed E-state index contributed by atoms with van der Waals surface area (Å²) in [5.74, 6) is 1.14. The van der Waals surface area contributed by atoms with E-state index < -0.39 is 8.32 Å². The predicted molar refractivity (Wildman–Crippen MR) is 104 cm³/mol. The number of rotatable bonds is 2. The van der Waals surface area contributed by atoms with E-state index in [2.05, 4.69) is 61.6 Å². The van der Waals surface area contributed by atoms with Crippen LogP contribution in [-0.4, -0.2) is 25.6 Å². The quantitative estimate of drug-likeness (QED) is 0.654. The first kappa shape index (κ1) is 18.9. The molecule has 6 atom stereocenters. The second-order valence-electron chi connectivity index (χ2n) is 11.9. The van der Waals surface area contributed by atoms with Crippen LogP contribution in [0.5, 0.6) is 0 Å². The van der Waals surface area contributed by atoms with E-state index in [1.54, 1.807) is 0 Å². The summed E-state index contributed by atoms with van der Waals surface area (Å²) in [4.78, 5) is 0. The number of aliphatic hydroxyl groups is 1. The molecule has 0 spiro atoms. The van der Waals surface area contributed by atoms with Crippen molar-refractivity contribution in [3.8, 4) is 0 Å². The van der Waals surface area contributed by atoms with Gasteiger partial charge in [0.2, 0.25) is 0 Å². The summed E-state index contributed by atoms with van der Waals surface area (Å²) >= 11 is 0. The first-order valence-corrected chi connectivity index (χ1v) is 12.9. The molecule has 0 radical (unpaired) electrons. The Morgan fingerprint density at radius 1 is 1.00 bits per heavy atom. The maximum atomic E-state index is 11.1. The summed E-state index contributed by atoms with van der Waals surface area (Å²) in [5, 5.41) is 11.3. The molecule has 0 aromatic heterocycles. The molecule has 3 fully saturated rings. The van der Waals surface area contributed by atoms with E-state index in [9.17, 15) is 5.11 Å². The van der Waals surface area contributed by atoms with Gasteiger partial charge in [-0.3, -0.25) is 0 Å². The molecule has 0 aliphatic heterocycles. The van der Waals surface area contributed by atoms with E-state index in [-0.39, 0.29) is 27.4 Å². The van der Waals surface area contributed by atoms with Crippen LogP contribution in [0.4, 0.5) is 0 Å². The van der Waals surface area contributed by atoms with Crippen LogP contribution < -0.4 is 0 Å². The summed E-state index contributed by atoms with van der Waals surface area (Å²) in [6.45, 7) is 21.3. The molecule has 0 heterocycles. The summed E-state index contributed by atoms with van der Waals surface area (Å²) in [6, 6.07) is 0. The van der Waals surface area contributed by atoms with Crippen LogP contribution in [0, 0.1) is 28.1 Å². The lowest BCUT2D eigenvalue weighted by molar-refractivity contribution is -0.0461. The highest BCUT2D eigenvalue weighted by Gasteiger charge is 2.70. The molecule has 0 aromatic carbocycles. The van der Waals surface area contributed by atoms with E-state index in [0.29, 0.717) is 17.9 Å². The van der Waals surface area contributed by atoms with Crippen LogP contribution in [0.15, 0.2) is 0 Å². The molecule has 0 aromatic rings. The zero-order valence-electron chi connectivity index (χ0n) is 17.5. The third-order valence-corrected chi connectivity index (χ3v) is 13.5. The van der Waals surface area contributed by atoms with Crippen molar-refractivity contribution in [2.75, 3.05) is 0 Å². The zero-order valence-corrected chi connectivity index (χ0v) is 18.5. The van der Waals surface area contributed by atoms with Crippen LogP contribution >= 0.6 is 0 Å². The molecule has 2 nitrogen and oxygen atoms in total. The molecule has 3 rings (SSSR count). The maximum absolute atomic E-state index is 11.1. The van der Waals surface area contributed by atoms with Gasteiger partial charge in [0.05, 0.1) is 12.2 Å². The van der Waals surface area contributed by atoms with Crippen LogP contribution in [-0.2, 0) is 4.43 Å². The van der Waals surface area contributed by atoms with Crippen molar-refractivity contribution in [2.45, 2.75) is 104 Å². The van der Waals surface area contributed by atoms with Crippen molar-refractivity contribution in [1.82, 2.24) is 0 Å². The molecule has 3 aliphatic rings. The lowest BCUT2D eigenvalue weighted by atomic mass is 9.63. The molecule has 3 heteroatoms. The lowest BCUT2D eigenvalue weighted by Gasteiger charge is -2.47. The Labute approximate surface area is 150 Å². The Morgan fingerprint density at radius 3 is 2.12 bits per heavy atom. The fraction of sp³-hybridized carbons (Fsp3) is 1.00. The van der Waals surface area contributed by atoms with Gasteiger partial charge in [0.1, 0.15) is 0 Å². The number of aliphatic hydroxyl groups excluding tert-OH is 1. The highest BCUT2D eigenvalue weighted by Crippen LogP contribution is 2.73. The second-order valence-corrected chi connectivity index (χ2v) is 16.6. The average molecular weight is 353 g/mol. The van der Waals surface area contributed by atoms with Gasteiger partial charge < -0.3 is 9.53 Å². The number of fused-ring (bicyclic) bond motifs is 3. The highest BCUT2D eigenvalue weighted by atomic mass is 28.4. The topological polar surface area (TPSA) is 29.5 Å². The predicted octanol–water partition coefficient (Wildman–Crippen LogP) is 5.61. The average Bonchev–Trinajstić information content (AvgIpc) is 2.83. The van der Waals surface area contributed by atoms with Crippen molar-refractivity contribution in [3.63, 3.8) is 0 Å². The Bertz CT molecular complexity index is 520. The van der Waals surface area contributed by atoms with Crippen LogP contribution in [0.3, 0.4) is 0 Å². The Morgan fingerprint density at radius 2 is 1.58 bits per heavy atom. The molecule has 0 amide bonds. The van der Waals surface area contributed by atoms with Gasteiger partial charge >= 0.3 is 0 Å². The summed E-state index contributed by atoms with van der Waals surface area (Å²) in [7, 11) is -1.75. The molecule has 3 aliphatic carbocycles. The van der Waals surface area contributed by atoms with Gasteiger partial charge in [-0.2, -0.15) is 0 Å². The Hall–Kier alpha value is 0.137. The first-order valence-electron chi connectivity index (χ1n) is 10.0. The summed E-state index contributed by atoms with van der Waals surface area (Å²) < 4.78 is 6.96. The molecular formula is C21H40O2Si. The molecule has 0 unspecified atom stereocenters. The molecule has 1 N–H and O–H groups in total. The summed E-state index contributed by atoms with van der Waals surface area (Å²) in [6.07, 6.45) is 5.04. The normalized spacial score (nSPS) is 47.8. The zero-order chi connectivity index (χ0) is 18.3. The molecule has 0 bridgehead atoms. The minimum atomic E-state index is -1.75. The molecule has 24 heavy (non-hydrogen) atoms. The van der Waals surface area contributed by atoms with E-state index in [0.717, 1.165) is 0 Å². The van der Waals surface area contributed by atoms with Crippen molar-refractivity contribution < 1.29 is 9.53 Å². The van der Waals surface area contributed by atoms with Gasteiger partial charge in [-0.15, -0.1) is 0 Å². The van der Waals surface area contributed by atoms with Crippen LogP contribution in [0.2, 0.25) is 18.1 Å². The molecule has 3 saturated carbocycles. The van der Waals surface area contributed by atoms with Crippen molar-refractivity contribution in [2.24, 2.45) is 28.1 Å². The van der Waals surface area contributed by atoms with Crippen LogP contribution in [0.25, 0.3) is 0 Å². The minimum absolute atomic E-state index is 0.0814. The number of hydrogen-bond donors (Lipinski definition) is 1. The van der Waals surface area contributed by atoms with Gasteiger partial charge in [0.25, 0.3) is 0 Å². The van der Waals surface area contributed by atoms with Gasteiger partial charge in [0, 0.05) is 0 Å². The van der Waals surface area contributed by atoms with Gasteiger partial charge in [-0.05, 0) is 71.9 Å². The lowest BCUT2D eigenvalue weighted by Crippen LogP contribution is -2.50. The monoisotopic (exact) mass is 352 g/mol. The van der Waals surface area contributed by atoms with Crippen molar-refractivity contribution in [1.29, 1.82) is 0 Å². The fourth-order valence-electron chi connectivity index (χ4n) is 6.32. The molecular weight excluding hydrogens is 312 g/mol.